The Hall–Kier alpha value is -1.67. The van der Waals surface area contributed by atoms with E-state index in [2.05, 4.69) is 0 Å². The fourth-order valence-corrected chi connectivity index (χ4v) is 1.94. The fraction of sp³-hybridized carbons (Fsp3) is 0.250. The minimum absolute atomic E-state index is 0.148. The van der Waals surface area contributed by atoms with E-state index in [4.69, 9.17) is 4.55 Å². The maximum atomic E-state index is 10.9. The van der Waals surface area contributed by atoms with Crippen molar-refractivity contribution in [1.29, 1.82) is 0 Å². The summed E-state index contributed by atoms with van der Waals surface area (Å²) < 4.78 is 30.5. The molecule has 1 rings (SSSR count). The summed E-state index contributed by atoms with van der Waals surface area (Å²) in [7, 11) is -4.68. The topological polar surface area (TPSA) is 118 Å². The third-order valence-electron chi connectivity index (χ3n) is 2.21. The minimum atomic E-state index is -4.68. The average molecular weight is 247 g/mol. The predicted octanol–water partition coefficient (Wildman–Crippen LogP) is 1.16. The van der Waals surface area contributed by atoms with Gasteiger partial charge in [-0.3, -0.25) is 14.7 Å². The van der Waals surface area contributed by atoms with E-state index in [9.17, 15) is 23.6 Å². The van der Waals surface area contributed by atoms with Crippen molar-refractivity contribution >= 4 is 15.8 Å². The monoisotopic (exact) mass is 247 g/mol. The molecule has 8 heteroatoms. The van der Waals surface area contributed by atoms with E-state index >= 15 is 0 Å². The van der Waals surface area contributed by atoms with E-state index in [0.717, 1.165) is 6.07 Å². The standard InChI is InChI=1S/C8H9NO6S/c1-4-3-6(16(13,14)15)8(10)7(5(4)2)9(11)12/h3,10H,1-2H3,(H,13,14,15). The lowest BCUT2D eigenvalue weighted by Crippen LogP contribution is -2.03. The molecule has 0 aliphatic heterocycles. The molecular formula is C8H9NO6S. The molecule has 1 aromatic carbocycles. The fourth-order valence-electron chi connectivity index (χ4n) is 1.27. The minimum Gasteiger partial charge on any atom is -0.501 e. The highest BCUT2D eigenvalue weighted by atomic mass is 32.2. The van der Waals surface area contributed by atoms with Crippen LogP contribution in [0.5, 0.6) is 5.75 Å². The molecule has 88 valence electrons. The van der Waals surface area contributed by atoms with Gasteiger partial charge in [-0.15, -0.1) is 0 Å². The summed E-state index contributed by atoms with van der Waals surface area (Å²) in [5.41, 5.74) is -0.278. The van der Waals surface area contributed by atoms with Crippen LogP contribution in [0.15, 0.2) is 11.0 Å². The average Bonchev–Trinajstić information content (AvgIpc) is 2.09. The van der Waals surface area contributed by atoms with E-state index in [0.29, 0.717) is 0 Å². The van der Waals surface area contributed by atoms with Crippen molar-refractivity contribution in [3.05, 3.63) is 27.3 Å². The van der Waals surface area contributed by atoms with Gasteiger partial charge in [-0.25, -0.2) is 0 Å². The normalized spacial score (nSPS) is 11.4. The zero-order chi connectivity index (χ0) is 12.7. The molecule has 7 nitrogen and oxygen atoms in total. The summed E-state index contributed by atoms with van der Waals surface area (Å²) in [6, 6.07) is 0.979. The van der Waals surface area contributed by atoms with Crippen LogP contribution in [0.1, 0.15) is 11.1 Å². The summed E-state index contributed by atoms with van der Waals surface area (Å²) in [5.74, 6) is -1.05. The highest BCUT2D eigenvalue weighted by Gasteiger charge is 2.28. The van der Waals surface area contributed by atoms with Crippen molar-refractivity contribution in [1.82, 2.24) is 0 Å². The molecule has 0 radical (unpaired) electrons. The van der Waals surface area contributed by atoms with E-state index in [1.54, 1.807) is 0 Å². The van der Waals surface area contributed by atoms with Crippen LogP contribution < -0.4 is 0 Å². The van der Waals surface area contributed by atoms with Gasteiger partial charge in [0.25, 0.3) is 10.1 Å². The Morgan fingerprint density at radius 3 is 2.25 bits per heavy atom. The number of aryl methyl sites for hydroxylation is 1. The maximum absolute atomic E-state index is 10.9. The van der Waals surface area contributed by atoms with Crippen molar-refractivity contribution in [2.75, 3.05) is 0 Å². The third kappa shape index (κ3) is 1.97. The largest absolute Gasteiger partial charge is 0.501 e. The van der Waals surface area contributed by atoms with Gasteiger partial charge in [0.15, 0.2) is 0 Å². The van der Waals surface area contributed by atoms with Crippen LogP contribution in [0.4, 0.5) is 5.69 Å². The summed E-state index contributed by atoms with van der Waals surface area (Å²) in [5, 5.41) is 20.1. The molecule has 16 heavy (non-hydrogen) atoms. The molecule has 0 unspecified atom stereocenters. The number of hydrogen-bond donors (Lipinski definition) is 2. The number of phenolic OH excluding ortho intramolecular Hbond substituents is 1. The second kappa shape index (κ2) is 3.72. The molecule has 0 aromatic heterocycles. The Kier molecular flexibility index (Phi) is 2.89. The zero-order valence-electron chi connectivity index (χ0n) is 8.46. The van der Waals surface area contributed by atoms with Gasteiger partial charge in [0, 0.05) is 5.56 Å². The molecule has 0 fully saturated rings. The van der Waals surface area contributed by atoms with Crippen molar-refractivity contribution in [2.24, 2.45) is 0 Å². The predicted molar refractivity (Wildman–Crippen MR) is 54.0 cm³/mol. The molecule has 0 aliphatic carbocycles. The summed E-state index contributed by atoms with van der Waals surface area (Å²) >= 11 is 0. The quantitative estimate of drug-likeness (QED) is 0.460. The Balaban J connectivity index is 3.78. The summed E-state index contributed by atoms with van der Waals surface area (Å²) in [6.07, 6.45) is 0. The van der Waals surface area contributed by atoms with Crippen molar-refractivity contribution in [2.45, 2.75) is 18.7 Å². The smallest absolute Gasteiger partial charge is 0.315 e. The maximum Gasteiger partial charge on any atom is 0.315 e. The number of nitro benzene ring substituents is 1. The van der Waals surface area contributed by atoms with Crippen LogP contribution in [0.2, 0.25) is 0 Å². The number of phenols is 1. The Morgan fingerprint density at radius 2 is 1.88 bits per heavy atom. The zero-order valence-corrected chi connectivity index (χ0v) is 9.28. The van der Waals surface area contributed by atoms with Gasteiger partial charge in [0.2, 0.25) is 5.75 Å². The van der Waals surface area contributed by atoms with Crippen LogP contribution in [0.25, 0.3) is 0 Å². The van der Waals surface area contributed by atoms with Crippen LogP contribution >= 0.6 is 0 Å². The lowest BCUT2D eigenvalue weighted by atomic mass is 10.1. The van der Waals surface area contributed by atoms with Crippen molar-refractivity contribution in [3.8, 4) is 5.75 Å². The first-order valence-corrected chi connectivity index (χ1v) is 5.55. The first-order valence-electron chi connectivity index (χ1n) is 4.11. The van der Waals surface area contributed by atoms with Gasteiger partial charge >= 0.3 is 5.69 Å². The number of hydrogen-bond acceptors (Lipinski definition) is 5. The SMILES string of the molecule is Cc1cc(S(=O)(=O)O)c(O)c([N+](=O)[O-])c1C. The lowest BCUT2D eigenvalue weighted by Gasteiger charge is -2.07. The van der Waals surface area contributed by atoms with Gasteiger partial charge in [-0.2, -0.15) is 8.42 Å². The third-order valence-corrected chi connectivity index (χ3v) is 3.08. The Labute approximate surface area is 91.2 Å². The van der Waals surface area contributed by atoms with Crippen LogP contribution in [0, 0.1) is 24.0 Å². The van der Waals surface area contributed by atoms with Gasteiger partial charge in [0.1, 0.15) is 4.90 Å². The van der Waals surface area contributed by atoms with Crippen LogP contribution in [0.3, 0.4) is 0 Å². The van der Waals surface area contributed by atoms with Crippen LogP contribution in [-0.4, -0.2) is 23.0 Å². The molecule has 0 aliphatic rings. The number of rotatable bonds is 2. The van der Waals surface area contributed by atoms with E-state index in [-0.39, 0.29) is 11.1 Å². The second-order valence-corrected chi connectivity index (χ2v) is 4.64. The number of aromatic hydroxyl groups is 1. The molecule has 0 saturated heterocycles. The molecule has 0 amide bonds. The molecular weight excluding hydrogens is 238 g/mol. The van der Waals surface area contributed by atoms with Crippen LogP contribution in [-0.2, 0) is 10.1 Å². The highest BCUT2D eigenvalue weighted by Crippen LogP contribution is 2.37. The molecule has 0 heterocycles. The van der Waals surface area contributed by atoms with Crippen molar-refractivity contribution < 1.29 is 23.0 Å². The van der Waals surface area contributed by atoms with E-state index < -0.39 is 31.4 Å². The Morgan fingerprint density at radius 1 is 1.38 bits per heavy atom. The van der Waals surface area contributed by atoms with E-state index in [1.165, 1.54) is 13.8 Å². The van der Waals surface area contributed by atoms with Crippen molar-refractivity contribution in [3.63, 3.8) is 0 Å². The lowest BCUT2D eigenvalue weighted by molar-refractivity contribution is -0.386. The first kappa shape index (κ1) is 12.4. The molecule has 0 atom stereocenters. The first-order chi connectivity index (χ1) is 7.16. The van der Waals surface area contributed by atoms with Gasteiger partial charge < -0.3 is 5.11 Å². The second-order valence-electron chi connectivity index (χ2n) is 3.25. The summed E-state index contributed by atoms with van der Waals surface area (Å²) in [6.45, 7) is 2.82. The van der Waals surface area contributed by atoms with Gasteiger partial charge in [0.05, 0.1) is 4.92 Å². The molecule has 0 saturated carbocycles. The summed E-state index contributed by atoms with van der Waals surface area (Å²) in [4.78, 5) is 8.89. The van der Waals surface area contributed by atoms with Gasteiger partial charge in [-0.1, -0.05) is 0 Å². The van der Waals surface area contributed by atoms with Gasteiger partial charge in [-0.05, 0) is 25.5 Å². The molecule has 2 N–H and O–H groups in total. The number of benzene rings is 1. The Bertz CT molecular complexity index is 562. The molecule has 0 bridgehead atoms. The number of nitrogens with zero attached hydrogens (tertiary/aromatic N) is 1. The number of nitro groups is 1. The highest BCUT2D eigenvalue weighted by molar-refractivity contribution is 7.86. The molecule has 0 spiro atoms. The van der Waals surface area contributed by atoms with E-state index in [1.807, 2.05) is 0 Å². The molecule has 1 aromatic rings.